The number of hydrogen-bond donors (Lipinski definition) is 0. The van der Waals surface area contributed by atoms with Gasteiger partial charge in [-0.3, -0.25) is 0 Å². The summed E-state index contributed by atoms with van der Waals surface area (Å²) in [5.74, 6) is 0.405. The number of esters is 1. The molecule has 1 heterocycles. The van der Waals surface area contributed by atoms with E-state index in [9.17, 15) is 4.79 Å². The Kier molecular flexibility index (Phi) is 2.82. The van der Waals surface area contributed by atoms with Crippen molar-refractivity contribution in [2.75, 3.05) is 6.61 Å². The Hall–Kier alpha value is -1.22. The quantitative estimate of drug-likeness (QED) is 0.726. The van der Waals surface area contributed by atoms with Crippen LogP contribution in [-0.2, 0) is 16.0 Å². The lowest BCUT2D eigenvalue weighted by Crippen LogP contribution is -2.27. The number of carbonyl (C=O) groups is 1. The number of hydrogen-bond acceptors (Lipinski definition) is 3. The molecular weight excluding hydrogens is 216 g/mol. The molecule has 1 aliphatic heterocycles. The minimum absolute atomic E-state index is 0.315. The maximum absolute atomic E-state index is 11.4. The van der Waals surface area contributed by atoms with Crippen LogP contribution in [0.1, 0.15) is 12.5 Å². The second-order valence-electron chi connectivity index (χ2n) is 3.31. The summed E-state index contributed by atoms with van der Waals surface area (Å²) in [5.41, 5.74) is 0.959. The Labute approximate surface area is 92.9 Å². The molecule has 4 heteroatoms. The minimum Gasteiger partial charge on any atom is -0.478 e. The van der Waals surface area contributed by atoms with Gasteiger partial charge in [0, 0.05) is 11.4 Å². The zero-order valence-corrected chi connectivity index (χ0v) is 9.08. The maximum Gasteiger partial charge on any atom is 0.347 e. The van der Waals surface area contributed by atoms with Crippen LogP contribution in [0.15, 0.2) is 18.2 Å². The van der Waals surface area contributed by atoms with Crippen molar-refractivity contribution in [1.29, 1.82) is 0 Å². The molecule has 0 saturated heterocycles. The fourth-order valence-electron chi connectivity index (χ4n) is 1.58. The smallest absolute Gasteiger partial charge is 0.347 e. The zero-order valence-electron chi connectivity index (χ0n) is 8.33. The Bertz CT molecular complexity index is 389. The van der Waals surface area contributed by atoms with Gasteiger partial charge in [-0.05, 0) is 30.7 Å². The van der Waals surface area contributed by atoms with Crippen LogP contribution in [0, 0.1) is 0 Å². The Morgan fingerprint density at radius 3 is 3.20 bits per heavy atom. The third-order valence-electron chi connectivity index (χ3n) is 2.25. The van der Waals surface area contributed by atoms with Crippen LogP contribution in [-0.4, -0.2) is 18.7 Å². The summed E-state index contributed by atoms with van der Waals surface area (Å²) >= 11 is 5.84. The number of ether oxygens (including phenoxy) is 2. The van der Waals surface area contributed by atoms with Crippen molar-refractivity contribution >= 4 is 17.6 Å². The summed E-state index contributed by atoms with van der Waals surface area (Å²) in [4.78, 5) is 11.4. The van der Waals surface area contributed by atoms with E-state index in [0.29, 0.717) is 18.1 Å². The molecule has 0 bridgehead atoms. The third-order valence-corrected chi connectivity index (χ3v) is 2.48. The highest BCUT2D eigenvalue weighted by atomic mass is 35.5. The fraction of sp³-hybridized carbons (Fsp3) is 0.364. The van der Waals surface area contributed by atoms with E-state index in [4.69, 9.17) is 21.1 Å². The van der Waals surface area contributed by atoms with Gasteiger partial charge >= 0.3 is 5.97 Å². The van der Waals surface area contributed by atoms with E-state index in [1.54, 1.807) is 19.1 Å². The van der Waals surface area contributed by atoms with Crippen molar-refractivity contribution in [2.45, 2.75) is 19.4 Å². The van der Waals surface area contributed by atoms with Crippen LogP contribution in [0.3, 0.4) is 0 Å². The number of carbonyl (C=O) groups excluding carboxylic acids is 1. The molecule has 2 rings (SSSR count). The Morgan fingerprint density at radius 1 is 1.67 bits per heavy atom. The summed E-state index contributed by atoms with van der Waals surface area (Å²) in [6, 6.07) is 5.33. The van der Waals surface area contributed by atoms with Gasteiger partial charge in [0.05, 0.1) is 6.61 Å². The predicted octanol–water partition coefficient (Wildman–Crippen LogP) is 2.21. The fourth-order valence-corrected chi connectivity index (χ4v) is 1.78. The molecule has 1 atom stereocenters. The first kappa shape index (κ1) is 10.3. The highest BCUT2D eigenvalue weighted by Crippen LogP contribution is 2.31. The monoisotopic (exact) mass is 226 g/mol. The third kappa shape index (κ3) is 2.07. The topological polar surface area (TPSA) is 35.5 Å². The van der Waals surface area contributed by atoms with Gasteiger partial charge in [-0.1, -0.05) is 11.6 Å². The lowest BCUT2D eigenvalue weighted by atomic mass is 10.1. The molecule has 0 spiro atoms. The first-order chi connectivity index (χ1) is 7.20. The van der Waals surface area contributed by atoms with Crippen LogP contribution in [0.2, 0.25) is 5.02 Å². The minimum atomic E-state index is -0.515. The molecule has 1 aliphatic rings. The van der Waals surface area contributed by atoms with Gasteiger partial charge in [-0.2, -0.15) is 0 Å². The molecule has 15 heavy (non-hydrogen) atoms. The van der Waals surface area contributed by atoms with E-state index < -0.39 is 6.10 Å². The second kappa shape index (κ2) is 4.11. The molecule has 1 aromatic rings. The van der Waals surface area contributed by atoms with Crippen molar-refractivity contribution in [3.05, 3.63) is 28.8 Å². The summed E-state index contributed by atoms with van der Waals surface area (Å²) in [5, 5.41) is 0.654. The number of rotatable bonds is 2. The van der Waals surface area contributed by atoms with Gasteiger partial charge in [0.25, 0.3) is 0 Å². The molecule has 0 radical (unpaired) electrons. The van der Waals surface area contributed by atoms with Gasteiger partial charge in [0.2, 0.25) is 0 Å². The lowest BCUT2D eigenvalue weighted by molar-refractivity contribution is -0.150. The molecule has 80 valence electrons. The van der Waals surface area contributed by atoms with Gasteiger partial charge in [0.15, 0.2) is 6.10 Å². The molecule has 1 unspecified atom stereocenters. The summed E-state index contributed by atoms with van der Waals surface area (Å²) in [6.45, 7) is 2.15. The maximum atomic E-state index is 11.4. The van der Waals surface area contributed by atoms with Gasteiger partial charge < -0.3 is 9.47 Å². The van der Waals surface area contributed by atoms with Crippen LogP contribution >= 0.6 is 11.6 Å². The van der Waals surface area contributed by atoms with Crippen LogP contribution in [0.5, 0.6) is 5.75 Å². The first-order valence-corrected chi connectivity index (χ1v) is 5.20. The van der Waals surface area contributed by atoms with Crippen LogP contribution in [0.4, 0.5) is 0 Å². The van der Waals surface area contributed by atoms with E-state index in [1.807, 2.05) is 6.07 Å². The van der Waals surface area contributed by atoms with E-state index in [2.05, 4.69) is 0 Å². The van der Waals surface area contributed by atoms with Gasteiger partial charge in [-0.15, -0.1) is 0 Å². The molecule has 1 aromatic carbocycles. The highest BCUT2D eigenvalue weighted by Gasteiger charge is 2.30. The molecule has 0 saturated carbocycles. The van der Waals surface area contributed by atoms with E-state index in [-0.39, 0.29) is 5.97 Å². The van der Waals surface area contributed by atoms with E-state index >= 15 is 0 Å². The summed E-state index contributed by atoms with van der Waals surface area (Å²) < 4.78 is 10.3. The molecular formula is C11H11ClO3. The van der Waals surface area contributed by atoms with Crippen molar-refractivity contribution < 1.29 is 14.3 Å². The molecule has 0 fully saturated rings. The largest absolute Gasteiger partial charge is 0.478 e. The number of halogens is 1. The van der Waals surface area contributed by atoms with Crippen molar-refractivity contribution in [3.63, 3.8) is 0 Å². The SMILES string of the molecule is CCOC(=O)C1Cc2cc(Cl)ccc2O1. The van der Waals surface area contributed by atoms with Crippen LogP contribution in [0.25, 0.3) is 0 Å². The van der Waals surface area contributed by atoms with Crippen LogP contribution < -0.4 is 4.74 Å². The first-order valence-electron chi connectivity index (χ1n) is 4.82. The van der Waals surface area contributed by atoms with Crippen molar-refractivity contribution in [3.8, 4) is 5.75 Å². The van der Waals surface area contributed by atoms with E-state index in [1.165, 1.54) is 0 Å². The Balaban J connectivity index is 2.12. The van der Waals surface area contributed by atoms with Crippen molar-refractivity contribution in [2.24, 2.45) is 0 Å². The molecule has 0 aliphatic carbocycles. The average molecular weight is 227 g/mol. The summed E-state index contributed by atoms with van der Waals surface area (Å²) in [6.07, 6.45) is 0.0211. The van der Waals surface area contributed by atoms with E-state index in [0.717, 1.165) is 11.3 Å². The normalized spacial score (nSPS) is 18.1. The molecule has 0 N–H and O–H groups in total. The average Bonchev–Trinajstić information content (AvgIpc) is 2.60. The summed E-state index contributed by atoms with van der Waals surface area (Å²) in [7, 11) is 0. The predicted molar refractivity (Wildman–Crippen MR) is 56.2 cm³/mol. The number of benzene rings is 1. The van der Waals surface area contributed by atoms with Crippen molar-refractivity contribution in [1.82, 2.24) is 0 Å². The van der Waals surface area contributed by atoms with Gasteiger partial charge in [-0.25, -0.2) is 4.79 Å². The zero-order chi connectivity index (χ0) is 10.8. The highest BCUT2D eigenvalue weighted by molar-refractivity contribution is 6.30. The van der Waals surface area contributed by atoms with Gasteiger partial charge in [0.1, 0.15) is 5.75 Å². The molecule has 0 aromatic heterocycles. The second-order valence-corrected chi connectivity index (χ2v) is 3.75. The molecule has 3 nitrogen and oxygen atoms in total. The molecule has 0 amide bonds. The lowest BCUT2D eigenvalue weighted by Gasteiger charge is -2.08. The number of fused-ring (bicyclic) bond motifs is 1. The standard InChI is InChI=1S/C11H11ClO3/c1-2-14-11(13)10-6-7-5-8(12)3-4-9(7)15-10/h3-5,10H,2,6H2,1H3. The Morgan fingerprint density at radius 2 is 2.47 bits per heavy atom.